The lowest BCUT2D eigenvalue weighted by atomic mass is 10.1. The summed E-state index contributed by atoms with van der Waals surface area (Å²) < 4.78 is 0.926. The fraction of sp³-hybridized carbons (Fsp3) is 0.0556. The lowest BCUT2D eigenvalue weighted by Gasteiger charge is -2.12. The number of amides is 2. The van der Waals surface area contributed by atoms with Gasteiger partial charge in [-0.1, -0.05) is 40.2 Å². The first-order valence-corrected chi connectivity index (χ1v) is 8.88. The molecular weight excluding hydrogens is 406 g/mol. The van der Waals surface area contributed by atoms with E-state index < -0.39 is 5.97 Å². The Morgan fingerprint density at radius 1 is 1.08 bits per heavy atom. The largest absolute Gasteiger partial charge is 0.478 e. The molecule has 0 aliphatic carbocycles. The molecule has 0 aromatic heterocycles. The van der Waals surface area contributed by atoms with Gasteiger partial charge in [0.2, 0.25) is 0 Å². The highest BCUT2D eigenvalue weighted by Gasteiger charge is 2.34. The Morgan fingerprint density at radius 2 is 1.72 bits per heavy atom. The van der Waals surface area contributed by atoms with Crippen LogP contribution in [0.1, 0.15) is 21.5 Å². The van der Waals surface area contributed by atoms with Gasteiger partial charge in [-0.3, -0.25) is 14.5 Å². The number of carboxylic acids is 1. The fourth-order valence-electron chi connectivity index (χ4n) is 2.28. The number of carbonyl (C=O) groups is 3. The van der Waals surface area contributed by atoms with Crippen molar-refractivity contribution in [2.45, 2.75) is 6.54 Å². The number of halogens is 1. The van der Waals surface area contributed by atoms with Gasteiger partial charge in [0.1, 0.15) is 0 Å². The monoisotopic (exact) mass is 417 g/mol. The maximum absolute atomic E-state index is 12.5. The minimum Gasteiger partial charge on any atom is -0.478 e. The van der Waals surface area contributed by atoms with Crippen LogP contribution in [-0.4, -0.2) is 27.1 Å². The van der Waals surface area contributed by atoms with Crippen LogP contribution in [0.4, 0.5) is 4.79 Å². The van der Waals surface area contributed by atoms with E-state index in [0.29, 0.717) is 10.5 Å². The first-order valence-electron chi connectivity index (χ1n) is 7.27. The highest BCUT2D eigenvalue weighted by molar-refractivity contribution is 9.10. The summed E-state index contributed by atoms with van der Waals surface area (Å²) in [4.78, 5) is 37.0. The maximum Gasteiger partial charge on any atom is 0.335 e. The quantitative estimate of drug-likeness (QED) is 0.746. The molecule has 126 valence electrons. The molecule has 1 heterocycles. The molecule has 0 spiro atoms. The summed E-state index contributed by atoms with van der Waals surface area (Å²) >= 11 is 4.23. The number of benzene rings is 2. The van der Waals surface area contributed by atoms with E-state index in [-0.39, 0.29) is 23.3 Å². The van der Waals surface area contributed by atoms with Gasteiger partial charge in [-0.15, -0.1) is 0 Å². The van der Waals surface area contributed by atoms with Crippen LogP contribution >= 0.6 is 27.7 Å². The van der Waals surface area contributed by atoms with Gasteiger partial charge in [0.05, 0.1) is 17.0 Å². The Kier molecular flexibility index (Phi) is 5.06. The minimum atomic E-state index is -1.01. The third-order valence-corrected chi connectivity index (χ3v) is 5.02. The van der Waals surface area contributed by atoms with Crippen molar-refractivity contribution in [3.8, 4) is 0 Å². The van der Waals surface area contributed by atoms with Crippen LogP contribution in [0.2, 0.25) is 0 Å². The van der Waals surface area contributed by atoms with Crippen molar-refractivity contribution in [1.82, 2.24) is 4.90 Å². The number of carbonyl (C=O) groups excluding carboxylic acids is 2. The number of nitrogens with zero attached hydrogens (tertiary/aromatic N) is 1. The molecule has 1 aliphatic heterocycles. The van der Waals surface area contributed by atoms with Crippen LogP contribution in [0.3, 0.4) is 0 Å². The van der Waals surface area contributed by atoms with Crippen LogP contribution in [-0.2, 0) is 11.3 Å². The first kappa shape index (κ1) is 17.4. The molecule has 1 saturated heterocycles. The molecule has 0 unspecified atom stereocenters. The van der Waals surface area contributed by atoms with Crippen LogP contribution in [0.25, 0.3) is 6.08 Å². The number of imide groups is 1. The lowest BCUT2D eigenvalue weighted by Crippen LogP contribution is -2.27. The van der Waals surface area contributed by atoms with E-state index in [0.717, 1.165) is 21.8 Å². The predicted molar refractivity (Wildman–Crippen MR) is 99.1 cm³/mol. The highest BCUT2D eigenvalue weighted by atomic mass is 79.9. The normalized spacial score (nSPS) is 15.9. The van der Waals surface area contributed by atoms with Crippen LogP contribution in [0.5, 0.6) is 0 Å². The van der Waals surface area contributed by atoms with Gasteiger partial charge in [0.15, 0.2) is 0 Å². The molecule has 1 aliphatic rings. The Morgan fingerprint density at radius 3 is 2.32 bits per heavy atom. The summed E-state index contributed by atoms with van der Waals surface area (Å²) in [6, 6.07) is 13.5. The average Bonchev–Trinajstić information content (AvgIpc) is 2.85. The summed E-state index contributed by atoms with van der Waals surface area (Å²) in [5, 5.41) is 8.58. The molecule has 3 rings (SSSR count). The fourth-order valence-corrected chi connectivity index (χ4v) is 3.38. The maximum atomic E-state index is 12.5. The van der Waals surface area contributed by atoms with Crippen molar-refractivity contribution in [2.24, 2.45) is 0 Å². The number of hydrogen-bond acceptors (Lipinski definition) is 4. The zero-order valence-corrected chi connectivity index (χ0v) is 15.2. The number of rotatable bonds is 4. The summed E-state index contributed by atoms with van der Waals surface area (Å²) in [7, 11) is 0. The van der Waals surface area contributed by atoms with E-state index in [1.807, 2.05) is 24.3 Å². The van der Waals surface area contributed by atoms with Crippen molar-refractivity contribution in [1.29, 1.82) is 0 Å². The van der Waals surface area contributed by atoms with Crippen molar-refractivity contribution in [2.75, 3.05) is 0 Å². The van der Waals surface area contributed by atoms with Crippen LogP contribution < -0.4 is 0 Å². The Hall–Kier alpha value is -2.38. The molecule has 0 saturated carbocycles. The molecule has 0 bridgehead atoms. The molecule has 0 atom stereocenters. The van der Waals surface area contributed by atoms with Gasteiger partial charge in [0.25, 0.3) is 11.1 Å². The summed E-state index contributed by atoms with van der Waals surface area (Å²) in [5.74, 6) is -1.36. The van der Waals surface area contributed by atoms with E-state index in [4.69, 9.17) is 5.11 Å². The Balaban J connectivity index is 1.78. The first-order chi connectivity index (χ1) is 11.9. The molecule has 7 heteroatoms. The van der Waals surface area contributed by atoms with Crippen molar-refractivity contribution in [3.05, 3.63) is 74.6 Å². The second-order valence-electron chi connectivity index (χ2n) is 5.32. The third-order valence-electron chi connectivity index (χ3n) is 3.58. The molecule has 0 radical (unpaired) electrons. The van der Waals surface area contributed by atoms with E-state index >= 15 is 0 Å². The molecule has 2 amide bonds. The van der Waals surface area contributed by atoms with E-state index in [2.05, 4.69) is 15.9 Å². The van der Waals surface area contributed by atoms with Gasteiger partial charge in [-0.05, 0) is 53.2 Å². The predicted octanol–water partition coefficient (Wildman–Crippen LogP) is 4.38. The molecule has 2 aromatic rings. The zero-order chi connectivity index (χ0) is 18.0. The molecule has 25 heavy (non-hydrogen) atoms. The second-order valence-corrected chi connectivity index (χ2v) is 7.23. The van der Waals surface area contributed by atoms with Crippen LogP contribution in [0, 0.1) is 0 Å². The number of aromatic carboxylic acids is 1. The summed E-state index contributed by atoms with van der Waals surface area (Å²) in [5.41, 5.74) is 1.69. The number of thioether (sulfide) groups is 1. The van der Waals surface area contributed by atoms with E-state index in [1.54, 1.807) is 18.2 Å². The minimum absolute atomic E-state index is 0.167. The van der Waals surface area contributed by atoms with Gasteiger partial charge in [0, 0.05) is 4.47 Å². The third kappa shape index (κ3) is 4.00. The van der Waals surface area contributed by atoms with Gasteiger partial charge < -0.3 is 5.11 Å². The summed E-state index contributed by atoms with van der Waals surface area (Å²) in [6.45, 7) is 0.216. The topological polar surface area (TPSA) is 74.7 Å². The number of hydrogen-bond donors (Lipinski definition) is 1. The van der Waals surface area contributed by atoms with Crippen LogP contribution in [0.15, 0.2) is 57.9 Å². The van der Waals surface area contributed by atoms with Crippen molar-refractivity contribution >= 4 is 50.9 Å². The lowest BCUT2D eigenvalue weighted by molar-refractivity contribution is -0.123. The summed E-state index contributed by atoms with van der Waals surface area (Å²) in [6.07, 6.45) is 1.60. The van der Waals surface area contributed by atoms with Gasteiger partial charge in [-0.2, -0.15) is 0 Å². The van der Waals surface area contributed by atoms with Crippen molar-refractivity contribution < 1.29 is 19.5 Å². The molecule has 1 N–H and O–H groups in total. The number of carboxylic acid groups (broad SMARTS) is 1. The standard InChI is InChI=1S/C18H12BrNO4S/c19-14-7-3-12(4-8-14)10-20-16(21)15(25-18(20)24)9-11-1-5-13(6-2-11)17(22)23/h1-9H,10H2,(H,22,23)/b15-9+. The SMILES string of the molecule is O=C(O)c1ccc(/C=C2/SC(=O)N(Cc3ccc(Br)cc3)C2=O)cc1. The van der Waals surface area contributed by atoms with E-state index in [1.165, 1.54) is 17.0 Å². The highest BCUT2D eigenvalue weighted by Crippen LogP contribution is 2.33. The zero-order valence-electron chi connectivity index (χ0n) is 12.8. The molecule has 5 nitrogen and oxygen atoms in total. The molecule has 1 fully saturated rings. The smallest absolute Gasteiger partial charge is 0.335 e. The second kappa shape index (κ2) is 7.25. The van der Waals surface area contributed by atoms with Gasteiger partial charge >= 0.3 is 5.97 Å². The van der Waals surface area contributed by atoms with Crippen molar-refractivity contribution in [3.63, 3.8) is 0 Å². The molecule has 2 aromatic carbocycles. The average molecular weight is 418 g/mol. The van der Waals surface area contributed by atoms with E-state index in [9.17, 15) is 14.4 Å². The van der Waals surface area contributed by atoms with Gasteiger partial charge in [-0.25, -0.2) is 4.79 Å². The Labute approximate surface area is 156 Å². The molecular formula is C18H12BrNO4S. The Bertz CT molecular complexity index is 875.